The zero-order valence-electron chi connectivity index (χ0n) is 12.5. The van der Waals surface area contributed by atoms with Gasteiger partial charge in [0.05, 0.1) is 0 Å². The summed E-state index contributed by atoms with van der Waals surface area (Å²) >= 11 is 13.6. The number of halogens is 2. The fourth-order valence-electron chi connectivity index (χ4n) is 3.54. The van der Waals surface area contributed by atoms with E-state index in [0.29, 0.717) is 6.42 Å². The Morgan fingerprint density at radius 1 is 0.783 bits per heavy atom. The number of hydrogen-bond donors (Lipinski definition) is 0. The number of hydrogen-bond acceptors (Lipinski definition) is 0. The Labute approximate surface area is 166 Å². The molecule has 0 aromatic heterocycles. The Kier molecular flexibility index (Phi) is 5.02. The van der Waals surface area contributed by atoms with Crippen LogP contribution in [-0.2, 0) is 26.2 Å². The van der Waals surface area contributed by atoms with E-state index in [9.17, 15) is 0 Å². The molecule has 2 aromatic carbocycles. The summed E-state index contributed by atoms with van der Waals surface area (Å²) in [6.45, 7) is 0. The van der Waals surface area contributed by atoms with Crippen LogP contribution in [0.1, 0.15) is 40.5 Å². The molecule has 2 unspecified atom stereocenters. The first-order valence-corrected chi connectivity index (χ1v) is 8.33. The number of benzene rings is 2. The van der Waals surface area contributed by atoms with Gasteiger partial charge in [-0.2, -0.15) is 0 Å². The molecular formula is C20H16Cl2Zr. The van der Waals surface area contributed by atoms with Gasteiger partial charge in [-0.1, -0.05) is 72.8 Å². The SMILES string of the molecule is ClC(Cl)(CC1C=Cc2ccccc21)C1C=Cc2ccccc21.[Zr]. The molecule has 0 radical (unpaired) electrons. The van der Waals surface area contributed by atoms with E-state index in [1.165, 1.54) is 22.3 Å². The molecule has 23 heavy (non-hydrogen) atoms. The van der Waals surface area contributed by atoms with Crippen LogP contribution in [0.4, 0.5) is 0 Å². The van der Waals surface area contributed by atoms with Crippen LogP contribution in [0, 0.1) is 0 Å². The molecule has 0 aliphatic heterocycles. The van der Waals surface area contributed by atoms with Crippen molar-refractivity contribution in [2.75, 3.05) is 0 Å². The van der Waals surface area contributed by atoms with E-state index in [-0.39, 0.29) is 38.0 Å². The van der Waals surface area contributed by atoms with Gasteiger partial charge in [0, 0.05) is 38.0 Å². The molecule has 4 rings (SSSR count). The van der Waals surface area contributed by atoms with Crippen LogP contribution < -0.4 is 0 Å². The minimum absolute atomic E-state index is 0. The predicted molar refractivity (Wildman–Crippen MR) is 95.5 cm³/mol. The van der Waals surface area contributed by atoms with Crippen LogP contribution in [0.25, 0.3) is 12.2 Å². The summed E-state index contributed by atoms with van der Waals surface area (Å²) in [5.74, 6) is 0.334. The van der Waals surface area contributed by atoms with Crippen LogP contribution in [0.3, 0.4) is 0 Å². The van der Waals surface area contributed by atoms with Gasteiger partial charge in [-0.25, -0.2) is 0 Å². The maximum atomic E-state index is 6.80. The summed E-state index contributed by atoms with van der Waals surface area (Å²) in [5, 5.41) is 0. The Bertz CT molecular complexity index is 777. The number of rotatable bonds is 3. The molecule has 0 saturated carbocycles. The molecule has 0 saturated heterocycles. The summed E-state index contributed by atoms with van der Waals surface area (Å²) in [4.78, 5) is 0. The first-order valence-electron chi connectivity index (χ1n) is 7.57. The average Bonchev–Trinajstić information content (AvgIpc) is 3.12. The van der Waals surface area contributed by atoms with Crippen molar-refractivity contribution < 1.29 is 26.2 Å². The molecule has 3 heteroatoms. The van der Waals surface area contributed by atoms with Gasteiger partial charge in [0.15, 0.2) is 0 Å². The summed E-state index contributed by atoms with van der Waals surface area (Å²) in [6.07, 6.45) is 9.36. The molecule has 114 valence electrons. The fourth-order valence-corrected chi connectivity index (χ4v) is 4.25. The monoisotopic (exact) mass is 416 g/mol. The predicted octanol–water partition coefficient (Wildman–Crippen LogP) is 6.17. The van der Waals surface area contributed by atoms with Crippen molar-refractivity contribution in [1.29, 1.82) is 0 Å². The van der Waals surface area contributed by atoms with Crippen molar-refractivity contribution in [3.05, 3.63) is 82.9 Å². The van der Waals surface area contributed by atoms with E-state index in [1.807, 2.05) is 12.1 Å². The Hall–Kier alpha value is -0.617. The molecule has 0 bridgehead atoms. The number of alkyl halides is 2. The summed E-state index contributed by atoms with van der Waals surface area (Å²) in [5.41, 5.74) is 5.05. The zero-order valence-corrected chi connectivity index (χ0v) is 16.5. The summed E-state index contributed by atoms with van der Waals surface area (Å²) in [6, 6.07) is 16.8. The van der Waals surface area contributed by atoms with Crippen molar-refractivity contribution in [3.63, 3.8) is 0 Å². The second-order valence-corrected chi connectivity index (χ2v) is 7.57. The van der Waals surface area contributed by atoms with E-state index in [4.69, 9.17) is 23.2 Å². The summed E-state index contributed by atoms with van der Waals surface area (Å²) in [7, 11) is 0. The van der Waals surface area contributed by atoms with Gasteiger partial charge in [0.1, 0.15) is 4.33 Å². The van der Waals surface area contributed by atoms with Crippen molar-refractivity contribution in [1.82, 2.24) is 0 Å². The number of allylic oxidation sites excluding steroid dienone is 2. The van der Waals surface area contributed by atoms with Crippen LogP contribution in [-0.4, -0.2) is 4.33 Å². The first kappa shape index (κ1) is 17.2. The quantitative estimate of drug-likeness (QED) is 0.523. The zero-order chi connectivity index (χ0) is 15.2. The van der Waals surface area contributed by atoms with Crippen LogP contribution >= 0.6 is 23.2 Å². The Morgan fingerprint density at radius 3 is 2.09 bits per heavy atom. The number of fused-ring (bicyclic) bond motifs is 2. The topological polar surface area (TPSA) is 0 Å². The molecule has 0 heterocycles. The molecule has 0 N–H and O–H groups in total. The van der Waals surface area contributed by atoms with Crippen molar-refractivity contribution in [2.24, 2.45) is 0 Å². The van der Waals surface area contributed by atoms with E-state index < -0.39 is 4.33 Å². The standard InChI is InChI=1S/C20H16Cl2.Zr/c21-20(22,19-12-11-15-6-2-4-8-18(15)19)13-16-10-9-14-5-1-3-7-17(14)16;/h1-12,16,19H,13H2;. The molecular weight excluding hydrogens is 402 g/mol. The van der Waals surface area contributed by atoms with Gasteiger partial charge in [0.2, 0.25) is 0 Å². The van der Waals surface area contributed by atoms with Crippen LogP contribution in [0.15, 0.2) is 60.7 Å². The van der Waals surface area contributed by atoms with E-state index in [0.717, 1.165) is 0 Å². The maximum absolute atomic E-state index is 6.80. The Balaban J connectivity index is 0.00000156. The molecule has 0 spiro atoms. The molecule has 2 aliphatic rings. The van der Waals surface area contributed by atoms with Crippen molar-refractivity contribution >= 4 is 35.4 Å². The minimum Gasteiger partial charge on any atom is -0.101 e. The first-order chi connectivity index (χ1) is 10.6. The second kappa shape index (κ2) is 6.71. The van der Waals surface area contributed by atoms with Crippen LogP contribution in [0.2, 0.25) is 0 Å². The van der Waals surface area contributed by atoms with Gasteiger partial charge < -0.3 is 0 Å². The van der Waals surface area contributed by atoms with Gasteiger partial charge in [-0.3, -0.25) is 0 Å². The molecule has 0 nitrogen and oxygen atoms in total. The third-order valence-corrected chi connectivity index (χ3v) is 5.43. The largest absolute Gasteiger partial charge is 0.129 e. The summed E-state index contributed by atoms with van der Waals surface area (Å²) < 4.78 is -0.810. The van der Waals surface area contributed by atoms with E-state index in [1.54, 1.807) is 0 Å². The molecule has 0 fully saturated rings. The third kappa shape index (κ3) is 3.16. The molecule has 2 atom stereocenters. The van der Waals surface area contributed by atoms with Gasteiger partial charge in [-0.05, 0) is 28.7 Å². The second-order valence-electron chi connectivity index (χ2n) is 6.03. The third-order valence-electron chi connectivity index (χ3n) is 4.65. The van der Waals surface area contributed by atoms with Crippen molar-refractivity contribution in [3.8, 4) is 0 Å². The van der Waals surface area contributed by atoms with E-state index >= 15 is 0 Å². The molecule has 0 amide bonds. The van der Waals surface area contributed by atoms with E-state index in [2.05, 4.69) is 60.7 Å². The normalized spacial score (nSPS) is 21.0. The molecule has 2 aromatic rings. The smallest absolute Gasteiger partial charge is 0.101 e. The van der Waals surface area contributed by atoms with Gasteiger partial charge in [0.25, 0.3) is 0 Å². The van der Waals surface area contributed by atoms with Crippen molar-refractivity contribution in [2.45, 2.75) is 22.6 Å². The maximum Gasteiger partial charge on any atom is 0.129 e. The van der Waals surface area contributed by atoms with Gasteiger partial charge >= 0.3 is 0 Å². The fraction of sp³-hybridized carbons (Fsp3) is 0.200. The average molecular weight is 418 g/mol. The molecule has 2 aliphatic carbocycles. The minimum atomic E-state index is -0.810. The van der Waals surface area contributed by atoms with Gasteiger partial charge in [-0.15, -0.1) is 23.2 Å². The van der Waals surface area contributed by atoms with Crippen LogP contribution in [0.5, 0.6) is 0 Å². The Morgan fingerprint density at radius 2 is 1.35 bits per heavy atom.